The molecule has 0 aliphatic carbocycles. The standard InChI is InChI=1S/C8H10FN3/c9-7-4-6(2-1-3-10)5-12-8(7)11/h1-2,4-5H,3,10H2,(H2,11,12). The van der Waals surface area contributed by atoms with E-state index >= 15 is 0 Å². The molecule has 3 nitrogen and oxygen atoms in total. The molecule has 4 heteroatoms. The number of anilines is 1. The Bertz CT molecular complexity index is 296. The predicted octanol–water partition coefficient (Wildman–Crippen LogP) is 0.775. The molecule has 1 aromatic rings. The Labute approximate surface area is 69.9 Å². The molecule has 0 unspecified atom stereocenters. The lowest BCUT2D eigenvalue weighted by Crippen LogP contribution is -1.95. The number of nitrogens with zero attached hydrogens (tertiary/aromatic N) is 1. The summed E-state index contributed by atoms with van der Waals surface area (Å²) in [7, 11) is 0. The van der Waals surface area contributed by atoms with Gasteiger partial charge in [0.05, 0.1) is 0 Å². The number of aromatic nitrogens is 1. The number of halogens is 1. The summed E-state index contributed by atoms with van der Waals surface area (Å²) < 4.78 is 12.8. The Morgan fingerprint density at radius 3 is 2.92 bits per heavy atom. The van der Waals surface area contributed by atoms with E-state index in [1.54, 1.807) is 12.2 Å². The van der Waals surface area contributed by atoms with Gasteiger partial charge in [-0.2, -0.15) is 0 Å². The summed E-state index contributed by atoms with van der Waals surface area (Å²) in [6.07, 6.45) is 4.90. The summed E-state index contributed by atoms with van der Waals surface area (Å²) in [5.41, 5.74) is 11.1. The van der Waals surface area contributed by atoms with Crippen molar-refractivity contribution in [3.05, 3.63) is 29.7 Å². The Morgan fingerprint density at radius 2 is 2.33 bits per heavy atom. The Kier molecular flexibility index (Phi) is 2.76. The van der Waals surface area contributed by atoms with Crippen LogP contribution in [0.3, 0.4) is 0 Å². The molecule has 0 aliphatic rings. The van der Waals surface area contributed by atoms with E-state index in [1.807, 2.05) is 0 Å². The van der Waals surface area contributed by atoms with Crippen LogP contribution in [-0.2, 0) is 0 Å². The van der Waals surface area contributed by atoms with Crippen LogP contribution in [0.4, 0.5) is 10.2 Å². The van der Waals surface area contributed by atoms with Crippen LogP contribution < -0.4 is 11.5 Å². The molecule has 0 saturated carbocycles. The number of nitrogen functional groups attached to an aromatic ring is 1. The Morgan fingerprint density at radius 1 is 1.58 bits per heavy atom. The van der Waals surface area contributed by atoms with Crippen LogP contribution in [0.25, 0.3) is 6.08 Å². The van der Waals surface area contributed by atoms with E-state index in [4.69, 9.17) is 11.5 Å². The highest BCUT2D eigenvalue weighted by molar-refractivity contribution is 5.50. The van der Waals surface area contributed by atoms with Crippen LogP contribution in [0.1, 0.15) is 5.56 Å². The first kappa shape index (κ1) is 8.67. The second-order valence-corrected chi connectivity index (χ2v) is 2.27. The normalized spacial score (nSPS) is 10.8. The highest BCUT2D eigenvalue weighted by Gasteiger charge is 1.97. The largest absolute Gasteiger partial charge is 0.381 e. The van der Waals surface area contributed by atoms with Gasteiger partial charge in [0.15, 0.2) is 11.6 Å². The molecule has 0 radical (unpaired) electrons. The van der Waals surface area contributed by atoms with Gasteiger partial charge in [-0.1, -0.05) is 12.2 Å². The fourth-order valence-electron chi connectivity index (χ4n) is 0.759. The second kappa shape index (κ2) is 3.82. The fraction of sp³-hybridized carbons (Fsp3) is 0.125. The molecular weight excluding hydrogens is 157 g/mol. The molecule has 0 aromatic carbocycles. The molecule has 1 heterocycles. The average Bonchev–Trinajstić information content (AvgIpc) is 2.07. The molecule has 1 rings (SSSR count). The van der Waals surface area contributed by atoms with E-state index in [9.17, 15) is 4.39 Å². The SMILES string of the molecule is NCC=Cc1cnc(N)c(F)c1. The van der Waals surface area contributed by atoms with Gasteiger partial charge in [0, 0.05) is 12.7 Å². The van der Waals surface area contributed by atoms with Crippen molar-refractivity contribution in [3.8, 4) is 0 Å². The molecule has 12 heavy (non-hydrogen) atoms. The van der Waals surface area contributed by atoms with Gasteiger partial charge in [0.25, 0.3) is 0 Å². The maximum atomic E-state index is 12.8. The van der Waals surface area contributed by atoms with E-state index in [1.165, 1.54) is 12.3 Å². The maximum Gasteiger partial charge on any atom is 0.165 e. The zero-order chi connectivity index (χ0) is 8.97. The van der Waals surface area contributed by atoms with Crippen molar-refractivity contribution in [1.82, 2.24) is 4.98 Å². The number of rotatable bonds is 2. The van der Waals surface area contributed by atoms with Crippen molar-refractivity contribution in [2.24, 2.45) is 5.73 Å². The number of hydrogen-bond donors (Lipinski definition) is 2. The van der Waals surface area contributed by atoms with Crippen LogP contribution >= 0.6 is 0 Å². The molecule has 1 aromatic heterocycles. The van der Waals surface area contributed by atoms with Crippen LogP contribution in [0.15, 0.2) is 18.3 Å². The minimum Gasteiger partial charge on any atom is -0.381 e. The zero-order valence-corrected chi connectivity index (χ0v) is 6.50. The van der Waals surface area contributed by atoms with Crippen molar-refractivity contribution in [1.29, 1.82) is 0 Å². The molecule has 0 spiro atoms. The van der Waals surface area contributed by atoms with Crippen molar-refractivity contribution in [3.63, 3.8) is 0 Å². The molecule has 0 bridgehead atoms. The number of pyridine rings is 1. The van der Waals surface area contributed by atoms with E-state index in [0.717, 1.165) is 0 Å². The van der Waals surface area contributed by atoms with Crippen molar-refractivity contribution in [2.75, 3.05) is 12.3 Å². The van der Waals surface area contributed by atoms with Crippen LogP contribution in [0.5, 0.6) is 0 Å². The predicted molar refractivity (Wildman–Crippen MR) is 46.7 cm³/mol. The first-order valence-electron chi connectivity index (χ1n) is 3.51. The summed E-state index contributed by atoms with van der Waals surface area (Å²) in [5.74, 6) is -0.589. The monoisotopic (exact) mass is 167 g/mol. The first-order chi connectivity index (χ1) is 5.74. The second-order valence-electron chi connectivity index (χ2n) is 2.27. The van der Waals surface area contributed by atoms with Crippen molar-refractivity contribution in [2.45, 2.75) is 0 Å². The molecule has 64 valence electrons. The van der Waals surface area contributed by atoms with Gasteiger partial charge in [-0.15, -0.1) is 0 Å². The third kappa shape index (κ3) is 2.03. The van der Waals surface area contributed by atoms with Crippen LogP contribution in [0, 0.1) is 5.82 Å². The molecule has 0 aliphatic heterocycles. The molecule has 0 saturated heterocycles. The van der Waals surface area contributed by atoms with Gasteiger partial charge in [0.2, 0.25) is 0 Å². The van der Waals surface area contributed by atoms with Gasteiger partial charge < -0.3 is 11.5 Å². The van der Waals surface area contributed by atoms with E-state index < -0.39 is 5.82 Å². The van der Waals surface area contributed by atoms with Crippen LogP contribution in [0.2, 0.25) is 0 Å². The molecule has 0 atom stereocenters. The lowest BCUT2D eigenvalue weighted by molar-refractivity contribution is 0.627. The highest BCUT2D eigenvalue weighted by atomic mass is 19.1. The quantitative estimate of drug-likeness (QED) is 0.683. The highest BCUT2D eigenvalue weighted by Crippen LogP contribution is 2.08. The summed E-state index contributed by atoms with van der Waals surface area (Å²) in [6, 6.07) is 1.31. The van der Waals surface area contributed by atoms with Gasteiger partial charge >= 0.3 is 0 Å². The molecular formula is C8H10FN3. The number of nitrogens with two attached hydrogens (primary N) is 2. The summed E-state index contributed by atoms with van der Waals surface area (Å²) in [4.78, 5) is 3.64. The average molecular weight is 167 g/mol. The van der Waals surface area contributed by atoms with Gasteiger partial charge in [-0.05, 0) is 11.6 Å². The first-order valence-corrected chi connectivity index (χ1v) is 3.51. The maximum absolute atomic E-state index is 12.8. The summed E-state index contributed by atoms with van der Waals surface area (Å²) in [5, 5.41) is 0. The lowest BCUT2D eigenvalue weighted by Gasteiger charge is -1.95. The summed E-state index contributed by atoms with van der Waals surface area (Å²) in [6.45, 7) is 0.423. The van der Waals surface area contributed by atoms with Crippen molar-refractivity contribution < 1.29 is 4.39 Å². The fourth-order valence-corrected chi connectivity index (χ4v) is 0.759. The lowest BCUT2D eigenvalue weighted by atomic mass is 10.2. The minimum absolute atomic E-state index is 0.0834. The third-order valence-corrected chi connectivity index (χ3v) is 1.34. The molecule has 4 N–H and O–H groups in total. The van der Waals surface area contributed by atoms with Gasteiger partial charge in [0.1, 0.15) is 0 Å². The van der Waals surface area contributed by atoms with E-state index in [0.29, 0.717) is 12.1 Å². The topological polar surface area (TPSA) is 64.9 Å². The number of hydrogen-bond acceptors (Lipinski definition) is 3. The van der Waals surface area contributed by atoms with Gasteiger partial charge in [-0.3, -0.25) is 0 Å². The minimum atomic E-state index is -0.505. The summed E-state index contributed by atoms with van der Waals surface area (Å²) >= 11 is 0. The van der Waals surface area contributed by atoms with E-state index in [2.05, 4.69) is 4.98 Å². The van der Waals surface area contributed by atoms with Crippen LogP contribution in [-0.4, -0.2) is 11.5 Å². The Hall–Kier alpha value is -1.42. The smallest absolute Gasteiger partial charge is 0.165 e. The zero-order valence-electron chi connectivity index (χ0n) is 6.50. The Balaban J connectivity index is 2.89. The molecule has 0 amide bonds. The third-order valence-electron chi connectivity index (χ3n) is 1.34. The van der Waals surface area contributed by atoms with E-state index in [-0.39, 0.29) is 5.82 Å². The van der Waals surface area contributed by atoms with Gasteiger partial charge in [-0.25, -0.2) is 9.37 Å². The molecule has 0 fully saturated rings. The van der Waals surface area contributed by atoms with Crippen molar-refractivity contribution >= 4 is 11.9 Å².